The molecule has 0 aliphatic heterocycles. The first kappa shape index (κ1) is 23.9. The number of H-pyrrole nitrogens is 1. The molecule has 0 unspecified atom stereocenters. The number of ether oxygens (including phenoxy) is 1. The van der Waals surface area contributed by atoms with Gasteiger partial charge in [-0.2, -0.15) is 0 Å². The van der Waals surface area contributed by atoms with Crippen molar-refractivity contribution in [3.63, 3.8) is 0 Å². The topological polar surface area (TPSA) is 171 Å². The van der Waals surface area contributed by atoms with Crippen molar-refractivity contribution in [2.75, 3.05) is 19.7 Å². The Kier molecular flexibility index (Phi) is 8.13. The molecule has 2 amide bonds. The average molecular weight is 414 g/mol. The second kappa shape index (κ2) is 9.87. The number of alkyl carbamates (subject to hydrolysis) is 1. The van der Waals surface area contributed by atoms with Crippen LogP contribution in [0.2, 0.25) is 0 Å². The van der Waals surface area contributed by atoms with Crippen LogP contribution in [0.4, 0.5) is 4.79 Å². The number of aliphatic hydroxyl groups excluding tert-OH is 1. The summed E-state index contributed by atoms with van der Waals surface area (Å²) < 4.78 is 5.97. The van der Waals surface area contributed by atoms with E-state index in [1.54, 1.807) is 20.8 Å². The van der Waals surface area contributed by atoms with Crippen LogP contribution < -0.4 is 16.6 Å². The highest BCUT2D eigenvalue weighted by Gasteiger charge is 2.29. The highest BCUT2D eigenvalue weighted by molar-refractivity contribution is 5.83. The second-order valence-electron chi connectivity index (χ2n) is 7.25. The number of aromatic amines is 1. The van der Waals surface area contributed by atoms with Gasteiger partial charge in [0.25, 0.3) is 5.56 Å². The van der Waals surface area contributed by atoms with Crippen LogP contribution in [0, 0.1) is 6.92 Å². The minimum Gasteiger partial charge on any atom is -0.480 e. The number of aromatic nitrogens is 2. The Morgan fingerprint density at radius 1 is 1.31 bits per heavy atom. The number of nitrogens with one attached hydrogen (secondary N) is 2. The maximum Gasteiger partial charge on any atom is 0.407 e. The molecule has 12 heteroatoms. The van der Waals surface area contributed by atoms with Crippen molar-refractivity contribution < 1.29 is 29.3 Å². The largest absolute Gasteiger partial charge is 0.480 e. The lowest BCUT2D eigenvalue weighted by atomic mass is 10.2. The maximum atomic E-state index is 12.6. The number of carboxylic acid groups (broad SMARTS) is 1. The van der Waals surface area contributed by atoms with Crippen molar-refractivity contribution >= 4 is 18.0 Å². The molecule has 0 spiro atoms. The monoisotopic (exact) mass is 414 g/mol. The van der Waals surface area contributed by atoms with Crippen molar-refractivity contribution in [2.24, 2.45) is 0 Å². The summed E-state index contributed by atoms with van der Waals surface area (Å²) in [6.45, 7) is 4.60. The van der Waals surface area contributed by atoms with Gasteiger partial charge in [0, 0.05) is 24.8 Å². The number of aliphatic hydroxyl groups is 1. The van der Waals surface area contributed by atoms with E-state index in [1.165, 1.54) is 13.1 Å². The van der Waals surface area contributed by atoms with E-state index in [9.17, 15) is 34.2 Å². The fourth-order valence-electron chi connectivity index (χ4n) is 2.33. The maximum absolute atomic E-state index is 12.6. The number of amides is 2. The first-order valence-corrected chi connectivity index (χ1v) is 8.76. The van der Waals surface area contributed by atoms with E-state index in [0.29, 0.717) is 0 Å². The van der Waals surface area contributed by atoms with Crippen LogP contribution in [0.25, 0.3) is 0 Å². The molecule has 0 aliphatic rings. The van der Waals surface area contributed by atoms with Gasteiger partial charge in [0.2, 0.25) is 5.91 Å². The summed E-state index contributed by atoms with van der Waals surface area (Å²) in [6.07, 6.45) is 0.415. The molecule has 0 aromatic carbocycles. The summed E-state index contributed by atoms with van der Waals surface area (Å²) >= 11 is 0. The molecule has 162 valence electrons. The van der Waals surface area contributed by atoms with Gasteiger partial charge in [0.1, 0.15) is 12.1 Å². The molecule has 1 aromatic rings. The molecule has 0 fully saturated rings. The highest BCUT2D eigenvalue weighted by Crippen LogP contribution is 2.07. The molecule has 29 heavy (non-hydrogen) atoms. The lowest BCUT2D eigenvalue weighted by Gasteiger charge is -2.28. The number of hydrogen-bond acceptors (Lipinski definition) is 7. The Labute approximate surface area is 166 Å². The Morgan fingerprint density at radius 3 is 2.45 bits per heavy atom. The summed E-state index contributed by atoms with van der Waals surface area (Å²) in [5.74, 6) is -2.26. The first-order chi connectivity index (χ1) is 13.4. The van der Waals surface area contributed by atoms with Crippen LogP contribution in [0.15, 0.2) is 15.8 Å². The molecule has 1 heterocycles. The predicted octanol–water partition coefficient (Wildman–Crippen LogP) is -1.36. The minimum absolute atomic E-state index is 0.149. The normalized spacial score (nSPS) is 12.2. The van der Waals surface area contributed by atoms with Gasteiger partial charge in [-0.25, -0.2) is 14.4 Å². The molecule has 4 N–H and O–H groups in total. The van der Waals surface area contributed by atoms with Gasteiger partial charge in [-0.05, 0) is 27.7 Å². The number of carboxylic acids is 1. The Hall–Kier alpha value is -3.15. The summed E-state index contributed by atoms with van der Waals surface area (Å²) in [6, 6.07) is -1.58. The Bertz CT molecular complexity index is 867. The molecule has 0 bridgehead atoms. The summed E-state index contributed by atoms with van der Waals surface area (Å²) in [4.78, 5) is 61.9. The van der Waals surface area contributed by atoms with Crippen molar-refractivity contribution in [1.29, 1.82) is 0 Å². The molecular weight excluding hydrogens is 388 g/mol. The number of carbonyl (C=O) groups is 3. The molecule has 12 nitrogen and oxygen atoms in total. The zero-order valence-electron chi connectivity index (χ0n) is 16.7. The number of aryl methyl sites for hydroxylation is 1. The molecule has 1 atom stereocenters. The van der Waals surface area contributed by atoms with Crippen LogP contribution in [-0.2, 0) is 20.9 Å². The fraction of sp³-hybridized carbons (Fsp3) is 0.588. The third-order valence-electron chi connectivity index (χ3n) is 3.67. The number of rotatable bonds is 8. The van der Waals surface area contributed by atoms with Crippen LogP contribution in [0.3, 0.4) is 0 Å². The van der Waals surface area contributed by atoms with E-state index >= 15 is 0 Å². The van der Waals surface area contributed by atoms with Crippen LogP contribution in [0.5, 0.6) is 0 Å². The van der Waals surface area contributed by atoms with Gasteiger partial charge in [-0.15, -0.1) is 0 Å². The van der Waals surface area contributed by atoms with E-state index in [4.69, 9.17) is 4.74 Å². The molecule has 0 radical (unpaired) electrons. The van der Waals surface area contributed by atoms with Crippen molar-refractivity contribution in [2.45, 2.75) is 45.9 Å². The molecule has 0 saturated heterocycles. The fourth-order valence-corrected chi connectivity index (χ4v) is 2.33. The smallest absolute Gasteiger partial charge is 0.407 e. The Morgan fingerprint density at radius 2 is 1.93 bits per heavy atom. The first-order valence-electron chi connectivity index (χ1n) is 8.76. The Balaban J connectivity index is 2.95. The third kappa shape index (κ3) is 7.41. The molecule has 0 saturated carbocycles. The van der Waals surface area contributed by atoms with Crippen LogP contribution in [0.1, 0.15) is 26.3 Å². The molecule has 0 aliphatic carbocycles. The van der Waals surface area contributed by atoms with Gasteiger partial charge in [-0.3, -0.25) is 19.1 Å². The van der Waals surface area contributed by atoms with E-state index < -0.39 is 54.0 Å². The molecule has 1 aromatic heterocycles. The van der Waals surface area contributed by atoms with Crippen molar-refractivity contribution in [1.82, 2.24) is 19.8 Å². The number of carbonyl (C=O) groups excluding carboxylic acids is 2. The van der Waals surface area contributed by atoms with Crippen LogP contribution >= 0.6 is 0 Å². The second-order valence-corrected chi connectivity index (χ2v) is 7.25. The van der Waals surface area contributed by atoms with Gasteiger partial charge in [-0.1, -0.05) is 0 Å². The summed E-state index contributed by atoms with van der Waals surface area (Å²) in [7, 11) is 0. The van der Waals surface area contributed by atoms with E-state index in [-0.39, 0.29) is 18.7 Å². The van der Waals surface area contributed by atoms with Gasteiger partial charge >= 0.3 is 17.8 Å². The molecular formula is C17H26N4O8. The van der Waals surface area contributed by atoms with E-state index in [1.807, 2.05) is 4.98 Å². The number of nitrogens with zero attached hydrogens (tertiary/aromatic N) is 2. The van der Waals surface area contributed by atoms with Gasteiger partial charge < -0.3 is 25.2 Å². The number of aliphatic carboxylic acids is 1. The zero-order chi connectivity index (χ0) is 22.4. The van der Waals surface area contributed by atoms with Crippen molar-refractivity contribution in [3.8, 4) is 0 Å². The lowest BCUT2D eigenvalue weighted by Crippen LogP contribution is -2.52. The van der Waals surface area contributed by atoms with E-state index in [0.717, 1.165) is 9.47 Å². The van der Waals surface area contributed by atoms with Crippen LogP contribution in [-0.4, -0.2) is 74.0 Å². The number of hydrogen-bond donors (Lipinski definition) is 4. The SMILES string of the molecule is Cc1cn(CC(=O)N(CCNC(=O)OC(C)(C)C)[C@H](CO)C(=O)O)c(=O)[nH]c1=O. The average Bonchev–Trinajstić information content (AvgIpc) is 2.57. The molecule has 1 rings (SSSR count). The van der Waals surface area contributed by atoms with Gasteiger partial charge in [0.15, 0.2) is 6.04 Å². The quantitative estimate of drug-likeness (QED) is 0.404. The van der Waals surface area contributed by atoms with Gasteiger partial charge in [0.05, 0.1) is 6.61 Å². The third-order valence-corrected chi connectivity index (χ3v) is 3.67. The summed E-state index contributed by atoms with van der Waals surface area (Å²) in [5, 5.41) is 21.0. The highest BCUT2D eigenvalue weighted by atomic mass is 16.6. The van der Waals surface area contributed by atoms with E-state index in [2.05, 4.69) is 5.32 Å². The predicted molar refractivity (Wildman–Crippen MR) is 101 cm³/mol. The minimum atomic E-state index is -1.58. The standard InChI is InChI=1S/C17H26N4O8/c1-10-7-20(15(27)19-13(10)24)8-12(23)21(11(9-22)14(25)26)6-5-18-16(28)29-17(2,3)4/h7,11,22H,5-6,8-9H2,1-4H3,(H,18,28)(H,25,26)(H,19,24,27)/t11-/m1/s1. The van der Waals surface area contributed by atoms with Crippen molar-refractivity contribution in [3.05, 3.63) is 32.6 Å². The lowest BCUT2D eigenvalue weighted by molar-refractivity contribution is -0.152. The summed E-state index contributed by atoms with van der Waals surface area (Å²) in [5.41, 5.74) is -1.99. The zero-order valence-corrected chi connectivity index (χ0v) is 16.7.